The highest BCUT2D eigenvalue weighted by Crippen LogP contribution is 2.30. The van der Waals surface area contributed by atoms with Crippen LogP contribution in [0.1, 0.15) is 0 Å². The molecule has 0 saturated carbocycles. The van der Waals surface area contributed by atoms with Crippen molar-refractivity contribution in [1.82, 2.24) is 5.16 Å². The van der Waals surface area contributed by atoms with Gasteiger partial charge in [-0.05, 0) is 0 Å². The molecule has 0 radical (unpaired) electrons. The van der Waals surface area contributed by atoms with Gasteiger partial charge in [0.25, 0.3) is 5.69 Å². The van der Waals surface area contributed by atoms with E-state index in [9.17, 15) is 10.1 Å². The lowest BCUT2D eigenvalue weighted by Crippen LogP contribution is -1.82. The minimum absolute atomic E-state index is 0.0478. The van der Waals surface area contributed by atoms with E-state index in [1.807, 2.05) is 0 Å². The Balaban J connectivity index is 2.38. The number of rotatable bonds is 2. The fraction of sp³-hybridized carbons (Fsp3) is 0. The number of nitro groups is 1. The Hall–Kier alpha value is -1.89. The SMILES string of the molecule is Nc1cc(-c2cc([N+](=O)[O-])cs2)no1. The Kier molecular flexibility index (Phi) is 1.93. The topological polar surface area (TPSA) is 95.2 Å². The van der Waals surface area contributed by atoms with E-state index in [1.165, 1.54) is 28.8 Å². The highest BCUT2D eigenvalue weighted by atomic mass is 32.1. The van der Waals surface area contributed by atoms with Crippen molar-refractivity contribution in [1.29, 1.82) is 0 Å². The van der Waals surface area contributed by atoms with Gasteiger partial charge in [-0.2, -0.15) is 0 Å². The van der Waals surface area contributed by atoms with E-state index >= 15 is 0 Å². The van der Waals surface area contributed by atoms with Crippen molar-refractivity contribution in [2.45, 2.75) is 0 Å². The molecule has 14 heavy (non-hydrogen) atoms. The van der Waals surface area contributed by atoms with Crippen LogP contribution in [0.3, 0.4) is 0 Å². The lowest BCUT2D eigenvalue weighted by Gasteiger charge is -1.82. The zero-order valence-corrected chi connectivity index (χ0v) is 7.65. The van der Waals surface area contributed by atoms with Crippen LogP contribution in [0, 0.1) is 10.1 Å². The number of hydrogen-bond donors (Lipinski definition) is 1. The van der Waals surface area contributed by atoms with Crippen molar-refractivity contribution in [2.75, 3.05) is 5.73 Å². The zero-order chi connectivity index (χ0) is 10.1. The molecule has 7 heteroatoms. The molecule has 0 atom stereocenters. The lowest BCUT2D eigenvalue weighted by atomic mass is 10.3. The molecule has 0 unspecified atom stereocenters. The van der Waals surface area contributed by atoms with E-state index < -0.39 is 4.92 Å². The third kappa shape index (κ3) is 1.44. The van der Waals surface area contributed by atoms with Gasteiger partial charge in [-0.25, -0.2) is 0 Å². The van der Waals surface area contributed by atoms with Crippen LogP contribution in [0.15, 0.2) is 22.0 Å². The van der Waals surface area contributed by atoms with Gasteiger partial charge in [-0.15, -0.1) is 11.3 Å². The van der Waals surface area contributed by atoms with Gasteiger partial charge in [0.1, 0.15) is 5.69 Å². The quantitative estimate of drug-likeness (QED) is 0.604. The second-order valence-electron chi connectivity index (χ2n) is 2.54. The molecule has 2 heterocycles. The predicted molar refractivity (Wildman–Crippen MR) is 50.9 cm³/mol. The first-order valence-corrected chi connectivity index (χ1v) is 4.50. The summed E-state index contributed by atoms with van der Waals surface area (Å²) in [6.07, 6.45) is 0. The number of thiophene rings is 1. The molecule has 0 bridgehead atoms. The van der Waals surface area contributed by atoms with Crippen LogP contribution < -0.4 is 5.73 Å². The Bertz CT molecular complexity index is 476. The molecule has 2 aromatic rings. The van der Waals surface area contributed by atoms with E-state index in [1.54, 1.807) is 0 Å². The lowest BCUT2D eigenvalue weighted by molar-refractivity contribution is -0.384. The minimum atomic E-state index is -0.455. The maximum Gasteiger partial charge on any atom is 0.280 e. The molecule has 0 spiro atoms. The third-order valence-electron chi connectivity index (χ3n) is 1.58. The molecule has 0 aliphatic carbocycles. The molecule has 72 valence electrons. The summed E-state index contributed by atoms with van der Waals surface area (Å²) in [5.41, 5.74) is 5.89. The van der Waals surface area contributed by atoms with Gasteiger partial charge in [0.05, 0.1) is 15.2 Å². The normalized spacial score (nSPS) is 10.3. The number of anilines is 1. The highest BCUT2D eigenvalue weighted by Gasteiger charge is 2.13. The number of aromatic nitrogens is 1. The van der Waals surface area contributed by atoms with Crippen molar-refractivity contribution >= 4 is 22.9 Å². The van der Waals surface area contributed by atoms with E-state index in [2.05, 4.69) is 9.68 Å². The summed E-state index contributed by atoms with van der Waals surface area (Å²) >= 11 is 1.22. The molecule has 2 N–H and O–H groups in total. The molecule has 0 aliphatic heterocycles. The monoisotopic (exact) mass is 211 g/mol. The van der Waals surface area contributed by atoms with Crippen LogP contribution in [0.5, 0.6) is 0 Å². The average Bonchev–Trinajstić information content (AvgIpc) is 2.70. The first kappa shape index (κ1) is 8.70. The second-order valence-corrected chi connectivity index (χ2v) is 3.45. The van der Waals surface area contributed by atoms with Crippen molar-refractivity contribution in [2.24, 2.45) is 0 Å². The van der Waals surface area contributed by atoms with E-state index in [0.717, 1.165) is 0 Å². The Labute approximate surface area is 82.1 Å². The van der Waals surface area contributed by atoms with Crippen LogP contribution in [0.2, 0.25) is 0 Å². The molecule has 0 amide bonds. The summed E-state index contributed by atoms with van der Waals surface area (Å²) in [5.74, 6) is 0.191. The van der Waals surface area contributed by atoms with Gasteiger partial charge in [0.2, 0.25) is 5.88 Å². The van der Waals surface area contributed by atoms with Gasteiger partial charge in [-0.1, -0.05) is 5.16 Å². The van der Waals surface area contributed by atoms with Gasteiger partial charge in [0, 0.05) is 12.1 Å². The number of nitrogens with zero attached hydrogens (tertiary/aromatic N) is 2. The first-order chi connectivity index (χ1) is 6.66. The van der Waals surface area contributed by atoms with Crippen molar-refractivity contribution in [3.63, 3.8) is 0 Å². The van der Waals surface area contributed by atoms with Crippen LogP contribution in [0.25, 0.3) is 10.6 Å². The smallest absolute Gasteiger partial charge is 0.280 e. The molecule has 2 rings (SSSR count). The molecule has 0 aliphatic rings. The number of hydrogen-bond acceptors (Lipinski definition) is 6. The van der Waals surface area contributed by atoms with Crippen molar-refractivity contribution in [3.05, 3.63) is 27.6 Å². The summed E-state index contributed by atoms with van der Waals surface area (Å²) < 4.78 is 4.65. The van der Waals surface area contributed by atoms with Gasteiger partial charge >= 0.3 is 0 Å². The van der Waals surface area contributed by atoms with Crippen LogP contribution >= 0.6 is 11.3 Å². The molecule has 2 aromatic heterocycles. The van der Waals surface area contributed by atoms with Crippen molar-refractivity contribution < 1.29 is 9.45 Å². The molecule has 0 saturated heterocycles. The minimum Gasteiger partial charge on any atom is -0.368 e. The molecular weight excluding hydrogens is 206 g/mol. The highest BCUT2D eigenvalue weighted by molar-refractivity contribution is 7.13. The van der Waals surface area contributed by atoms with Crippen LogP contribution in [0.4, 0.5) is 11.6 Å². The Morgan fingerprint density at radius 2 is 2.36 bits per heavy atom. The third-order valence-corrected chi connectivity index (χ3v) is 2.52. The summed E-state index contributed by atoms with van der Waals surface area (Å²) in [6.45, 7) is 0. The summed E-state index contributed by atoms with van der Waals surface area (Å²) in [4.78, 5) is 10.6. The summed E-state index contributed by atoms with van der Waals surface area (Å²) in [5, 5.41) is 15.5. The largest absolute Gasteiger partial charge is 0.368 e. The van der Waals surface area contributed by atoms with E-state index in [4.69, 9.17) is 5.73 Å². The number of nitrogen functional groups attached to an aromatic ring is 1. The summed E-state index contributed by atoms with van der Waals surface area (Å²) in [6, 6.07) is 2.96. The summed E-state index contributed by atoms with van der Waals surface area (Å²) in [7, 11) is 0. The van der Waals surface area contributed by atoms with Gasteiger partial charge in [-0.3, -0.25) is 10.1 Å². The Morgan fingerprint density at radius 1 is 1.57 bits per heavy atom. The zero-order valence-electron chi connectivity index (χ0n) is 6.84. The van der Waals surface area contributed by atoms with Gasteiger partial charge < -0.3 is 10.3 Å². The molecule has 0 aromatic carbocycles. The van der Waals surface area contributed by atoms with E-state index in [-0.39, 0.29) is 11.6 Å². The van der Waals surface area contributed by atoms with Crippen LogP contribution in [-0.4, -0.2) is 10.1 Å². The first-order valence-electron chi connectivity index (χ1n) is 3.62. The average molecular weight is 211 g/mol. The van der Waals surface area contributed by atoms with E-state index in [0.29, 0.717) is 10.6 Å². The fourth-order valence-corrected chi connectivity index (χ4v) is 1.77. The molecule has 0 fully saturated rings. The predicted octanol–water partition coefficient (Wildman–Crippen LogP) is 1.89. The Morgan fingerprint density at radius 3 is 2.86 bits per heavy atom. The second kappa shape index (κ2) is 3.11. The van der Waals surface area contributed by atoms with Crippen molar-refractivity contribution in [3.8, 4) is 10.6 Å². The maximum absolute atomic E-state index is 10.4. The van der Waals surface area contributed by atoms with Crippen LogP contribution in [-0.2, 0) is 0 Å². The standard InChI is InChI=1S/C7H5N3O3S/c8-7-2-5(9-13-7)6-1-4(3-14-6)10(11)12/h1-3H,8H2. The molecular formula is C7H5N3O3S. The van der Waals surface area contributed by atoms with Gasteiger partial charge in [0.15, 0.2) is 0 Å². The molecule has 6 nitrogen and oxygen atoms in total. The fourth-order valence-electron chi connectivity index (χ4n) is 0.962. The number of nitrogens with two attached hydrogens (primary N) is 1. The maximum atomic E-state index is 10.4.